The Balaban J connectivity index is 1.82. The SMILES string of the molecule is CCc1ccccc1NCCC(=O)Nc1cccc(F)c1. The number of carbonyl (C=O) groups is 1. The molecule has 4 heteroatoms. The summed E-state index contributed by atoms with van der Waals surface area (Å²) in [6, 6.07) is 13.9. The Hall–Kier alpha value is -2.36. The number of benzene rings is 2. The molecule has 0 radical (unpaired) electrons. The van der Waals surface area contributed by atoms with Gasteiger partial charge in [-0.05, 0) is 36.2 Å². The zero-order valence-corrected chi connectivity index (χ0v) is 12.0. The summed E-state index contributed by atoms with van der Waals surface area (Å²) in [6.07, 6.45) is 1.27. The molecule has 0 unspecified atom stereocenters. The van der Waals surface area contributed by atoms with Gasteiger partial charge in [-0.2, -0.15) is 0 Å². The lowest BCUT2D eigenvalue weighted by Gasteiger charge is -2.11. The topological polar surface area (TPSA) is 41.1 Å². The van der Waals surface area contributed by atoms with E-state index < -0.39 is 0 Å². The third-order valence-electron chi connectivity index (χ3n) is 3.17. The molecule has 0 saturated heterocycles. The molecule has 2 aromatic carbocycles. The second-order valence-corrected chi connectivity index (χ2v) is 4.75. The quantitative estimate of drug-likeness (QED) is 0.847. The van der Waals surface area contributed by atoms with Crippen molar-refractivity contribution in [2.45, 2.75) is 19.8 Å². The molecule has 2 N–H and O–H groups in total. The van der Waals surface area contributed by atoms with Crippen molar-refractivity contribution in [1.82, 2.24) is 0 Å². The highest BCUT2D eigenvalue weighted by Gasteiger charge is 2.04. The molecule has 0 bridgehead atoms. The molecular formula is C17H19FN2O. The smallest absolute Gasteiger partial charge is 0.226 e. The van der Waals surface area contributed by atoms with Crippen molar-refractivity contribution in [2.24, 2.45) is 0 Å². The Labute approximate surface area is 124 Å². The van der Waals surface area contributed by atoms with E-state index in [1.165, 1.54) is 17.7 Å². The Kier molecular flexibility index (Phi) is 5.32. The first-order chi connectivity index (χ1) is 10.2. The molecular weight excluding hydrogens is 267 g/mol. The van der Waals surface area contributed by atoms with Gasteiger partial charge in [0.1, 0.15) is 5.82 Å². The minimum atomic E-state index is -0.359. The Bertz CT molecular complexity index is 613. The third kappa shape index (κ3) is 4.60. The number of carbonyl (C=O) groups excluding carboxylic acids is 1. The summed E-state index contributed by atoms with van der Waals surface area (Å²) in [4.78, 5) is 11.8. The summed E-state index contributed by atoms with van der Waals surface area (Å²) in [7, 11) is 0. The predicted octanol–water partition coefficient (Wildman–Crippen LogP) is 3.83. The fourth-order valence-corrected chi connectivity index (χ4v) is 2.10. The normalized spacial score (nSPS) is 10.2. The van der Waals surface area contributed by atoms with E-state index in [1.54, 1.807) is 12.1 Å². The zero-order chi connectivity index (χ0) is 15.1. The second kappa shape index (κ2) is 7.43. The highest BCUT2D eigenvalue weighted by Crippen LogP contribution is 2.15. The van der Waals surface area contributed by atoms with Gasteiger partial charge in [0.2, 0.25) is 5.91 Å². The van der Waals surface area contributed by atoms with E-state index in [0.717, 1.165) is 12.1 Å². The molecule has 0 aliphatic rings. The number of aryl methyl sites for hydroxylation is 1. The molecule has 2 aromatic rings. The predicted molar refractivity (Wildman–Crippen MR) is 84.0 cm³/mol. The van der Waals surface area contributed by atoms with Crippen LogP contribution >= 0.6 is 0 Å². The number of nitrogens with one attached hydrogen (secondary N) is 2. The first-order valence-corrected chi connectivity index (χ1v) is 7.06. The van der Waals surface area contributed by atoms with E-state index in [2.05, 4.69) is 23.6 Å². The maximum absolute atomic E-state index is 13.0. The lowest BCUT2D eigenvalue weighted by molar-refractivity contribution is -0.115. The van der Waals surface area contributed by atoms with Crippen molar-refractivity contribution < 1.29 is 9.18 Å². The molecule has 0 aliphatic heterocycles. The number of para-hydroxylation sites is 1. The molecule has 0 aromatic heterocycles. The standard InChI is InChI=1S/C17H19FN2O/c1-2-13-6-3-4-9-16(13)19-11-10-17(21)20-15-8-5-7-14(18)12-15/h3-9,12,19H,2,10-11H2,1H3,(H,20,21). The molecule has 1 amide bonds. The van der Waals surface area contributed by atoms with Crippen LogP contribution in [0.2, 0.25) is 0 Å². The molecule has 2 rings (SSSR count). The fraction of sp³-hybridized carbons (Fsp3) is 0.235. The van der Waals surface area contributed by atoms with Crippen molar-refractivity contribution in [3.8, 4) is 0 Å². The van der Waals surface area contributed by atoms with Gasteiger partial charge in [-0.25, -0.2) is 4.39 Å². The maximum Gasteiger partial charge on any atom is 0.226 e. The van der Waals surface area contributed by atoms with Crippen molar-refractivity contribution in [3.63, 3.8) is 0 Å². The van der Waals surface area contributed by atoms with Crippen LogP contribution < -0.4 is 10.6 Å². The van der Waals surface area contributed by atoms with Crippen LogP contribution in [0.15, 0.2) is 48.5 Å². The number of hydrogen-bond acceptors (Lipinski definition) is 2. The largest absolute Gasteiger partial charge is 0.384 e. The lowest BCUT2D eigenvalue weighted by atomic mass is 10.1. The molecule has 0 spiro atoms. The van der Waals surface area contributed by atoms with Gasteiger partial charge in [-0.3, -0.25) is 4.79 Å². The minimum Gasteiger partial charge on any atom is -0.384 e. The zero-order valence-electron chi connectivity index (χ0n) is 12.0. The highest BCUT2D eigenvalue weighted by atomic mass is 19.1. The van der Waals surface area contributed by atoms with E-state index in [4.69, 9.17) is 0 Å². The van der Waals surface area contributed by atoms with Crippen LogP contribution in [-0.2, 0) is 11.2 Å². The highest BCUT2D eigenvalue weighted by molar-refractivity contribution is 5.90. The van der Waals surface area contributed by atoms with E-state index in [-0.39, 0.29) is 11.7 Å². The Morgan fingerprint density at radius 2 is 1.95 bits per heavy atom. The van der Waals surface area contributed by atoms with Gasteiger partial charge in [0.05, 0.1) is 0 Å². The number of amides is 1. The van der Waals surface area contributed by atoms with Crippen molar-refractivity contribution in [1.29, 1.82) is 0 Å². The van der Waals surface area contributed by atoms with Crippen LogP contribution in [0.3, 0.4) is 0 Å². The third-order valence-corrected chi connectivity index (χ3v) is 3.17. The average molecular weight is 286 g/mol. The average Bonchev–Trinajstić information content (AvgIpc) is 2.47. The Morgan fingerprint density at radius 3 is 2.71 bits per heavy atom. The van der Waals surface area contributed by atoms with Gasteiger partial charge in [0.15, 0.2) is 0 Å². The minimum absolute atomic E-state index is 0.137. The van der Waals surface area contributed by atoms with Gasteiger partial charge < -0.3 is 10.6 Å². The van der Waals surface area contributed by atoms with Gasteiger partial charge in [-0.15, -0.1) is 0 Å². The lowest BCUT2D eigenvalue weighted by Crippen LogP contribution is -2.16. The molecule has 0 aliphatic carbocycles. The molecule has 0 saturated carbocycles. The van der Waals surface area contributed by atoms with Gasteiger partial charge in [0, 0.05) is 24.3 Å². The maximum atomic E-state index is 13.0. The van der Waals surface area contributed by atoms with Crippen LogP contribution in [-0.4, -0.2) is 12.5 Å². The van der Waals surface area contributed by atoms with E-state index in [0.29, 0.717) is 18.7 Å². The molecule has 0 atom stereocenters. The Morgan fingerprint density at radius 1 is 1.14 bits per heavy atom. The van der Waals surface area contributed by atoms with Crippen molar-refractivity contribution in [2.75, 3.05) is 17.2 Å². The fourth-order valence-electron chi connectivity index (χ4n) is 2.10. The summed E-state index contributed by atoms with van der Waals surface area (Å²) in [5.41, 5.74) is 2.76. The number of halogens is 1. The number of hydrogen-bond donors (Lipinski definition) is 2. The van der Waals surface area contributed by atoms with E-state index >= 15 is 0 Å². The monoisotopic (exact) mass is 286 g/mol. The molecule has 110 valence electrons. The van der Waals surface area contributed by atoms with Gasteiger partial charge >= 0.3 is 0 Å². The summed E-state index contributed by atoms with van der Waals surface area (Å²) < 4.78 is 13.0. The van der Waals surface area contributed by atoms with Crippen LogP contribution in [0.5, 0.6) is 0 Å². The van der Waals surface area contributed by atoms with E-state index in [1.807, 2.05) is 18.2 Å². The van der Waals surface area contributed by atoms with Gasteiger partial charge in [0.25, 0.3) is 0 Å². The summed E-state index contributed by atoms with van der Waals surface area (Å²) in [6.45, 7) is 2.63. The number of rotatable bonds is 6. The molecule has 21 heavy (non-hydrogen) atoms. The number of anilines is 2. The molecule has 0 fully saturated rings. The van der Waals surface area contributed by atoms with Gasteiger partial charge in [-0.1, -0.05) is 31.2 Å². The van der Waals surface area contributed by atoms with E-state index in [9.17, 15) is 9.18 Å². The summed E-state index contributed by atoms with van der Waals surface area (Å²) >= 11 is 0. The first-order valence-electron chi connectivity index (χ1n) is 7.06. The van der Waals surface area contributed by atoms with Crippen LogP contribution in [0, 0.1) is 5.82 Å². The molecule has 3 nitrogen and oxygen atoms in total. The summed E-state index contributed by atoms with van der Waals surface area (Å²) in [5.74, 6) is -0.495. The second-order valence-electron chi connectivity index (χ2n) is 4.75. The first kappa shape index (κ1) is 15.0. The van der Waals surface area contributed by atoms with Crippen molar-refractivity contribution >= 4 is 17.3 Å². The summed E-state index contributed by atoms with van der Waals surface area (Å²) in [5, 5.41) is 5.94. The van der Waals surface area contributed by atoms with Crippen LogP contribution in [0.1, 0.15) is 18.9 Å². The van der Waals surface area contributed by atoms with Crippen molar-refractivity contribution in [3.05, 3.63) is 59.9 Å². The van der Waals surface area contributed by atoms with Crippen LogP contribution in [0.4, 0.5) is 15.8 Å². The molecule has 0 heterocycles. The van der Waals surface area contributed by atoms with Crippen LogP contribution in [0.25, 0.3) is 0 Å².